The molecule has 0 saturated carbocycles. The number of furan rings is 1. The van der Waals surface area contributed by atoms with Gasteiger partial charge in [-0.15, -0.1) is 11.3 Å². The molecule has 0 bridgehead atoms. The van der Waals surface area contributed by atoms with E-state index in [0.29, 0.717) is 17.5 Å². The van der Waals surface area contributed by atoms with E-state index in [9.17, 15) is 0 Å². The minimum Gasteiger partial charge on any atom is -0.456 e. The van der Waals surface area contributed by atoms with Gasteiger partial charge in [0.25, 0.3) is 0 Å². The maximum Gasteiger partial charge on any atom is 0.165 e. The second-order valence-corrected chi connectivity index (χ2v) is 13.4. The van der Waals surface area contributed by atoms with Gasteiger partial charge in [0.05, 0.1) is 0 Å². The molecule has 0 aliphatic rings. The Morgan fingerprint density at radius 3 is 1.72 bits per heavy atom. The Labute approximate surface area is 292 Å². The average Bonchev–Trinajstić information content (AvgIpc) is 3.77. The van der Waals surface area contributed by atoms with E-state index in [1.54, 1.807) is 11.3 Å². The number of fused-ring (bicyclic) bond motifs is 6. The Morgan fingerprint density at radius 2 is 0.920 bits per heavy atom. The van der Waals surface area contributed by atoms with Crippen LogP contribution in [0.4, 0.5) is 0 Å². The van der Waals surface area contributed by atoms with Gasteiger partial charge >= 0.3 is 0 Å². The molecule has 3 aromatic heterocycles. The Hall–Kier alpha value is -6.43. The molecule has 4 nitrogen and oxygen atoms in total. The molecule has 0 aliphatic heterocycles. The first-order valence-electron chi connectivity index (χ1n) is 16.6. The van der Waals surface area contributed by atoms with Crippen molar-refractivity contribution in [2.75, 3.05) is 0 Å². The first-order valence-corrected chi connectivity index (χ1v) is 17.4. The number of rotatable bonds is 5. The molecule has 10 rings (SSSR count). The minimum absolute atomic E-state index is 0.601. The van der Waals surface area contributed by atoms with Crippen LogP contribution in [0.1, 0.15) is 0 Å². The zero-order valence-electron chi connectivity index (χ0n) is 26.7. The fourth-order valence-electron chi connectivity index (χ4n) is 7.05. The monoisotopic (exact) mass is 657 g/mol. The van der Waals surface area contributed by atoms with Crippen molar-refractivity contribution in [3.8, 4) is 56.4 Å². The quantitative estimate of drug-likeness (QED) is 0.185. The number of nitrogens with zero attached hydrogens (tertiary/aromatic N) is 3. The lowest BCUT2D eigenvalue weighted by Gasteiger charge is -2.11. The van der Waals surface area contributed by atoms with E-state index in [4.69, 9.17) is 19.4 Å². The third kappa shape index (κ3) is 4.71. The van der Waals surface area contributed by atoms with Crippen LogP contribution in [0, 0.1) is 0 Å². The van der Waals surface area contributed by atoms with Crippen molar-refractivity contribution in [3.63, 3.8) is 0 Å². The third-order valence-electron chi connectivity index (χ3n) is 9.36. The topological polar surface area (TPSA) is 51.8 Å². The fraction of sp³-hybridized carbons (Fsp3) is 0. The van der Waals surface area contributed by atoms with Gasteiger partial charge in [-0.05, 0) is 52.6 Å². The van der Waals surface area contributed by atoms with Crippen LogP contribution in [0.2, 0.25) is 0 Å². The molecular weight excluding hydrogens is 631 g/mol. The van der Waals surface area contributed by atoms with Crippen molar-refractivity contribution in [1.29, 1.82) is 0 Å². The van der Waals surface area contributed by atoms with Crippen LogP contribution in [-0.4, -0.2) is 15.0 Å². The molecule has 234 valence electrons. The Kier molecular flexibility index (Phi) is 6.64. The summed E-state index contributed by atoms with van der Waals surface area (Å²) >= 11 is 1.78. The van der Waals surface area contributed by atoms with Crippen molar-refractivity contribution in [2.24, 2.45) is 0 Å². The van der Waals surface area contributed by atoms with Gasteiger partial charge in [0.1, 0.15) is 11.2 Å². The molecule has 0 radical (unpaired) electrons. The summed E-state index contributed by atoms with van der Waals surface area (Å²) in [5, 5.41) is 4.48. The molecule has 7 aromatic carbocycles. The van der Waals surface area contributed by atoms with Crippen LogP contribution in [-0.2, 0) is 0 Å². The van der Waals surface area contributed by atoms with Gasteiger partial charge in [0.2, 0.25) is 0 Å². The average molecular weight is 658 g/mol. The molecule has 5 heteroatoms. The van der Waals surface area contributed by atoms with Gasteiger partial charge in [-0.3, -0.25) is 0 Å². The first-order chi connectivity index (χ1) is 24.8. The summed E-state index contributed by atoms with van der Waals surface area (Å²) < 4.78 is 8.89. The molecule has 0 spiro atoms. The van der Waals surface area contributed by atoms with E-state index in [0.717, 1.165) is 65.6 Å². The predicted octanol–water partition coefficient (Wildman–Crippen LogP) is 12.5. The molecular formula is C45H27N3OS. The molecule has 3 heterocycles. The summed E-state index contributed by atoms with van der Waals surface area (Å²) in [5.74, 6) is 1.86. The van der Waals surface area contributed by atoms with Gasteiger partial charge in [-0.25, -0.2) is 15.0 Å². The molecule has 0 saturated heterocycles. The molecule has 0 unspecified atom stereocenters. The van der Waals surface area contributed by atoms with Gasteiger partial charge in [-0.1, -0.05) is 133 Å². The highest BCUT2D eigenvalue weighted by atomic mass is 32.1. The van der Waals surface area contributed by atoms with E-state index in [-0.39, 0.29) is 0 Å². The predicted molar refractivity (Wildman–Crippen MR) is 207 cm³/mol. The van der Waals surface area contributed by atoms with Crippen molar-refractivity contribution in [2.45, 2.75) is 0 Å². The van der Waals surface area contributed by atoms with Gasteiger partial charge < -0.3 is 4.42 Å². The summed E-state index contributed by atoms with van der Waals surface area (Å²) in [5.41, 5.74) is 8.91. The molecule has 0 amide bonds. The molecule has 50 heavy (non-hydrogen) atoms. The first kappa shape index (κ1) is 28.6. The smallest absolute Gasteiger partial charge is 0.165 e. The number of aromatic nitrogens is 3. The maximum atomic E-state index is 6.49. The van der Waals surface area contributed by atoms with Crippen LogP contribution < -0.4 is 0 Å². The van der Waals surface area contributed by atoms with Crippen LogP contribution in [0.5, 0.6) is 0 Å². The molecule has 0 N–H and O–H groups in total. The molecule has 10 aromatic rings. The van der Waals surface area contributed by atoms with E-state index in [1.165, 1.54) is 15.5 Å². The molecule has 0 aliphatic carbocycles. The van der Waals surface area contributed by atoms with Crippen LogP contribution in [0.3, 0.4) is 0 Å². The zero-order chi connectivity index (χ0) is 33.0. The van der Waals surface area contributed by atoms with Gasteiger partial charge in [0, 0.05) is 47.6 Å². The fourth-order valence-corrected chi connectivity index (χ4v) is 8.26. The summed E-state index contributed by atoms with van der Waals surface area (Å²) in [6.07, 6.45) is 0. The second kappa shape index (κ2) is 11.6. The van der Waals surface area contributed by atoms with Crippen LogP contribution in [0.25, 0.3) is 98.5 Å². The van der Waals surface area contributed by atoms with Crippen molar-refractivity contribution in [3.05, 3.63) is 164 Å². The number of benzene rings is 7. The van der Waals surface area contributed by atoms with Crippen LogP contribution in [0.15, 0.2) is 168 Å². The SMILES string of the molecule is c1ccc(-c2cccc(-c3nc(-c4cccc5c4sc4ccccc45)nc(-c4cccc5oc6cccc(-c7ccccc7)c6c45)n3)c2)cc1. The van der Waals surface area contributed by atoms with E-state index >= 15 is 0 Å². The summed E-state index contributed by atoms with van der Waals surface area (Å²) in [6, 6.07) is 56.7. The largest absolute Gasteiger partial charge is 0.456 e. The lowest BCUT2D eigenvalue weighted by molar-refractivity contribution is 0.669. The normalized spacial score (nSPS) is 11.6. The second-order valence-electron chi connectivity index (χ2n) is 12.4. The highest BCUT2D eigenvalue weighted by Gasteiger charge is 2.21. The standard InChI is InChI=1S/C45H27N3OS/c1-3-13-28(14-4-1)30-17-9-18-31(27-30)43-46-44(48-45(47-43)36-23-10-21-34-33-19-7-8-26-39(33)50-42(34)36)35-22-12-25-38-41(35)40-32(20-11-24-37(40)49-38)29-15-5-2-6-16-29/h1-27H. The lowest BCUT2D eigenvalue weighted by Crippen LogP contribution is -2.00. The van der Waals surface area contributed by atoms with E-state index in [2.05, 4.69) is 133 Å². The summed E-state index contributed by atoms with van der Waals surface area (Å²) in [7, 11) is 0. The number of thiophene rings is 1. The van der Waals surface area contributed by atoms with Crippen molar-refractivity contribution >= 4 is 53.4 Å². The third-order valence-corrected chi connectivity index (χ3v) is 10.6. The Balaban J connectivity index is 1.26. The van der Waals surface area contributed by atoms with E-state index < -0.39 is 0 Å². The maximum absolute atomic E-state index is 6.49. The highest BCUT2D eigenvalue weighted by Crippen LogP contribution is 2.43. The van der Waals surface area contributed by atoms with Crippen molar-refractivity contribution in [1.82, 2.24) is 15.0 Å². The van der Waals surface area contributed by atoms with Gasteiger partial charge in [0.15, 0.2) is 17.5 Å². The highest BCUT2D eigenvalue weighted by molar-refractivity contribution is 7.26. The van der Waals surface area contributed by atoms with Crippen molar-refractivity contribution < 1.29 is 4.42 Å². The Morgan fingerprint density at radius 1 is 0.380 bits per heavy atom. The molecule has 0 atom stereocenters. The van der Waals surface area contributed by atoms with Crippen LogP contribution >= 0.6 is 11.3 Å². The summed E-state index contributed by atoms with van der Waals surface area (Å²) in [6.45, 7) is 0. The zero-order valence-corrected chi connectivity index (χ0v) is 27.6. The van der Waals surface area contributed by atoms with Gasteiger partial charge in [-0.2, -0.15) is 0 Å². The minimum atomic E-state index is 0.601. The number of hydrogen-bond donors (Lipinski definition) is 0. The molecule has 0 fully saturated rings. The summed E-state index contributed by atoms with van der Waals surface area (Å²) in [4.78, 5) is 15.7. The van der Waals surface area contributed by atoms with E-state index in [1.807, 2.05) is 30.3 Å². The number of hydrogen-bond acceptors (Lipinski definition) is 5. The lowest BCUT2D eigenvalue weighted by atomic mass is 9.97. The Bertz CT molecular complexity index is 2870.